The van der Waals surface area contributed by atoms with Gasteiger partial charge in [-0.05, 0) is 18.8 Å². The SMILES string of the molecule is CC([C]1CCCC1)C(=O)O. The number of rotatable bonds is 2. The van der Waals surface area contributed by atoms with Crippen molar-refractivity contribution < 1.29 is 9.90 Å². The van der Waals surface area contributed by atoms with Crippen molar-refractivity contribution in [2.45, 2.75) is 32.6 Å². The third-order valence-corrected chi connectivity index (χ3v) is 2.23. The van der Waals surface area contributed by atoms with Crippen LogP contribution in [-0.2, 0) is 4.79 Å². The smallest absolute Gasteiger partial charge is 0.306 e. The predicted molar refractivity (Wildman–Crippen MR) is 38.5 cm³/mol. The summed E-state index contributed by atoms with van der Waals surface area (Å²) in [4.78, 5) is 10.5. The van der Waals surface area contributed by atoms with Crippen LogP contribution in [0.1, 0.15) is 32.6 Å². The molecule has 0 aromatic rings. The zero-order valence-electron chi connectivity index (χ0n) is 6.26. The van der Waals surface area contributed by atoms with Crippen LogP contribution in [0.25, 0.3) is 0 Å². The fraction of sp³-hybridized carbons (Fsp3) is 0.750. The summed E-state index contributed by atoms with van der Waals surface area (Å²) >= 11 is 0. The molecule has 0 heterocycles. The van der Waals surface area contributed by atoms with Crippen LogP contribution in [0.15, 0.2) is 0 Å². The molecule has 1 saturated carbocycles. The lowest BCUT2D eigenvalue weighted by Crippen LogP contribution is -2.16. The number of aliphatic carboxylic acids is 1. The highest BCUT2D eigenvalue weighted by atomic mass is 16.4. The van der Waals surface area contributed by atoms with Gasteiger partial charge in [-0.2, -0.15) is 0 Å². The number of hydrogen-bond donors (Lipinski definition) is 1. The molecular formula is C8H13O2. The Hall–Kier alpha value is -0.530. The molecule has 57 valence electrons. The first-order valence-corrected chi connectivity index (χ1v) is 3.79. The van der Waals surface area contributed by atoms with Gasteiger partial charge in [0.25, 0.3) is 0 Å². The zero-order chi connectivity index (χ0) is 7.56. The zero-order valence-corrected chi connectivity index (χ0v) is 6.26. The highest BCUT2D eigenvalue weighted by Gasteiger charge is 2.26. The number of carboxylic acid groups (broad SMARTS) is 1. The number of carbonyl (C=O) groups is 1. The second-order valence-electron chi connectivity index (χ2n) is 2.93. The maximum atomic E-state index is 10.5. The van der Waals surface area contributed by atoms with E-state index in [1.807, 2.05) is 0 Å². The van der Waals surface area contributed by atoms with Crippen molar-refractivity contribution in [1.82, 2.24) is 0 Å². The van der Waals surface area contributed by atoms with Crippen LogP contribution in [0.5, 0.6) is 0 Å². The van der Waals surface area contributed by atoms with E-state index in [-0.39, 0.29) is 5.92 Å². The van der Waals surface area contributed by atoms with Crippen LogP contribution < -0.4 is 0 Å². The molecule has 2 heteroatoms. The van der Waals surface area contributed by atoms with Crippen molar-refractivity contribution in [3.63, 3.8) is 0 Å². The van der Waals surface area contributed by atoms with Crippen LogP contribution in [0.4, 0.5) is 0 Å². The largest absolute Gasteiger partial charge is 0.481 e. The lowest BCUT2D eigenvalue weighted by Gasteiger charge is -2.11. The Labute approximate surface area is 61.2 Å². The molecule has 1 atom stereocenters. The van der Waals surface area contributed by atoms with Crippen molar-refractivity contribution in [3.8, 4) is 0 Å². The van der Waals surface area contributed by atoms with Gasteiger partial charge in [0.2, 0.25) is 0 Å². The molecule has 0 bridgehead atoms. The molecule has 1 rings (SSSR count). The van der Waals surface area contributed by atoms with E-state index in [0.717, 1.165) is 12.8 Å². The monoisotopic (exact) mass is 141 g/mol. The molecule has 1 aliphatic carbocycles. The van der Waals surface area contributed by atoms with Crippen molar-refractivity contribution in [2.75, 3.05) is 0 Å². The van der Waals surface area contributed by atoms with Crippen molar-refractivity contribution in [3.05, 3.63) is 5.92 Å². The maximum absolute atomic E-state index is 10.5. The van der Waals surface area contributed by atoms with E-state index in [9.17, 15) is 4.79 Å². The third kappa shape index (κ3) is 1.49. The van der Waals surface area contributed by atoms with Crippen LogP contribution in [0.3, 0.4) is 0 Å². The molecule has 0 aliphatic heterocycles. The molecule has 0 saturated heterocycles. The molecule has 1 aliphatic rings. The highest BCUT2D eigenvalue weighted by Crippen LogP contribution is 2.33. The Kier molecular flexibility index (Phi) is 2.30. The van der Waals surface area contributed by atoms with Crippen molar-refractivity contribution in [1.29, 1.82) is 0 Å². The normalized spacial score (nSPS) is 22.9. The Morgan fingerprint density at radius 2 is 2.00 bits per heavy atom. The van der Waals surface area contributed by atoms with E-state index < -0.39 is 5.97 Å². The lowest BCUT2D eigenvalue weighted by atomic mass is 9.93. The summed E-state index contributed by atoms with van der Waals surface area (Å²) in [5.74, 6) is 0.354. The van der Waals surface area contributed by atoms with Gasteiger partial charge in [-0.3, -0.25) is 4.79 Å². The Bertz CT molecular complexity index is 125. The minimum Gasteiger partial charge on any atom is -0.481 e. The molecule has 1 fully saturated rings. The summed E-state index contributed by atoms with van der Waals surface area (Å²) in [5.41, 5.74) is 0. The van der Waals surface area contributed by atoms with Crippen molar-refractivity contribution >= 4 is 5.97 Å². The van der Waals surface area contributed by atoms with Crippen LogP contribution >= 0.6 is 0 Å². The summed E-state index contributed by atoms with van der Waals surface area (Å²) in [7, 11) is 0. The summed E-state index contributed by atoms with van der Waals surface area (Å²) in [5, 5.41) is 8.62. The average Bonchev–Trinajstić information content (AvgIpc) is 2.36. The van der Waals surface area contributed by atoms with Gasteiger partial charge in [0.1, 0.15) is 0 Å². The quantitative estimate of drug-likeness (QED) is 0.637. The maximum Gasteiger partial charge on any atom is 0.306 e. The van der Waals surface area contributed by atoms with Gasteiger partial charge in [-0.25, -0.2) is 0 Å². The first-order valence-electron chi connectivity index (χ1n) is 3.79. The van der Waals surface area contributed by atoms with Crippen molar-refractivity contribution in [2.24, 2.45) is 5.92 Å². The Balaban J connectivity index is 2.39. The molecule has 1 N–H and O–H groups in total. The highest BCUT2D eigenvalue weighted by molar-refractivity contribution is 5.72. The van der Waals surface area contributed by atoms with Gasteiger partial charge in [-0.15, -0.1) is 0 Å². The summed E-state index contributed by atoms with van der Waals surface area (Å²) < 4.78 is 0. The molecular weight excluding hydrogens is 128 g/mol. The van der Waals surface area contributed by atoms with E-state index in [0.29, 0.717) is 0 Å². The van der Waals surface area contributed by atoms with Crippen LogP contribution in [0, 0.1) is 11.8 Å². The molecule has 1 unspecified atom stereocenters. The Morgan fingerprint density at radius 3 is 2.40 bits per heavy atom. The minimum absolute atomic E-state index is 0.206. The van der Waals surface area contributed by atoms with E-state index in [1.54, 1.807) is 6.92 Å². The van der Waals surface area contributed by atoms with E-state index in [4.69, 9.17) is 5.11 Å². The van der Waals surface area contributed by atoms with Gasteiger partial charge in [0.05, 0.1) is 5.92 Å². The van der Waals surface area contributed by atoms with Gasteiger partial charge in [0, 0.05) is 0 Å². The number of carboxylic acids is 1. The van der Waals surface area contributed by atoms with Gasteiger partial charge < -0.3 is 5.11 Å². The van der Waals surface area contributed by atoms with Gasteiger partial charge in [-0.1, -0.05) is 19.8 Å². The third-order valence-electron chi connectivity index (χ3n) is 2.23. The molecule has 0 amide bonds. The van der Waals surface area contributed by atoms with E-state index in [1.165, 1.54) is 18.8 Å². The first-order chi connectivity index (χ1) is 4.72. The molecule has 2 nitrogen and oxygen atoms in total. The fourth-order valence-electron chi connectivity index (χ4n) is 1.44. The first kappa shape index (κ1) is 7.58. The minimum atomic E-state index is -0.670. The molecule has 0 aromatic carbocycles. The van der Waals surface area contributed by atoms with E-state index in [2.05, 4.69) is 0 Å². The summed E-state index contributed by atoms with van der Waals surface area (Å²) in [6.07, 6.45) is 4.45. The lowest BCUT2D eigenvalue weighted by molar-refractivity contribution is -0.140. The predicted octanol–water partition coefficient (Wildman–Crippen LogP) is 1.86. The number of hydrogen-bond acceptors (Lipinski definition) is 1. The molecule has 10 heavy (non-hydrogen) atoms. The fourth-order valence-corrected chi connectivity index (χ4v) is 1.44. The topological polar surface area (TPSA) is 37.3 Å². The van der Waals surface area contributed by atoms with E-state index >= 15 is 0 Å². The average molecular weight is 141 g/mol. The van der Waals surface area contributed by atoms with Crippen LogP contribution in [0.2, 0.25) is 0 Å². The second kappa shape index (κ2) is 3.04. The standard InChI is InChI=1S/C8H13O2/c1-6(8(9)10)7-4-2-3-5-7/h6H,2-5H2,1H3,(H,9,10). The summed E-state index contributed by atoms with van der Waals surface area (Å²) in [6, 6.07) is 0. The Morgan fingerprint density at radius 1 is 1.50 bits per heavy atom. The molecule has 0 aromatic heterocycles. The molecule has 1 radical (unpaired) electrons. The van der Waals surface area contributed by atoms with Gasteiger partial charge >= 0.3 is 5.97 Å². The van der Waals surface area contributed by atoms with Crippen LogP contribution in [-0.4, -0.2) is 11.1 Å². The van der Waals surface area contributed by atoms with Gasteiger partial charge in [0.15, 0.2) is 0 Å². The summed E-state index contributed by atoms with van der Waals surface area (Å²) in [6.45, 7) is 1.78. The second-order valence-corrected chi connectivity index (χ2v) is 2.93. The molecule has 0 spiro atoms.